The van der Waals surface area contributed by atoms with Gasteiger partial charge in [0.15, 0.2) is 0 Å². The molecule has 21 heavy (non-hydrogen) atoms. The number of benzene rings is 1. The third-order valence-electron chi connectivity index (χ3n) is 3.94. The molecule has 0 N–H and O–H groups in total. The number of carbonyl (C=O) groups is 1. The Morgan fingerprint density at radius 3 is 3.10 bits per heavy atom. The van der Waals surface area contributed by atoms with Crippen LogP contribution in [0.4, 0.5) is 0 Å². The quantitative estimate of drug-likeness (QED) is 0.695. The second-order valence-electron chi connectivity index (χ2n) is 5.63. The third kappa shape index (κ3) is 5.03. The maximum absolute atomic E-state index is 12.3. The summed E-state index contributed by atoms with van der Waals surface area (Å²) in [6.45, 7) is 3.41. The third-order valence-corrected chi connectivity index (χ3v) is 4.50. The number of hydrogen-bond donors (Lipinski definition) is 0. The molecule has 3 nitrogen and oxygen atoms in total. The largest absolute Gasteiger partial charge is 0.493 e. The Labute approximate surface area is 135 Å². The first-order valence-electron chi connectivity index (χ1n) is 7.75. The SMILES string of the molecule is Cc1cccc(OCCC(=O)N2CCCC2CCCBr)c1. The highest BCUT2D eigenvalue weighted by atomic mass is 79.9. The number of hydrogen-bond acceptors (Lipinski definition) is 2. The fourth-order valence-electron chi connectivity index (χ4n) is 2.88. The minimum Gasteiger partial charge on any atom is -0.493 e. The van der Waals surface area contributed by atoms with E-state index in [9.17, 15) is 4.79 Å². The van der Waals surface area contributed by atoms with E-state index in [2.05, 4.69) is 20.8 Å². The van der Waals surface area contributed by atoms with Gasteiger partial charge in [-0.05, 0) is 50.3 Å². The number of amides is 1. The minimum absolute atomic E-state index is 0.236. The molecule has 0 radical (unpaired) electrons. The number of nitrogens with zero attached hydrogens (tertiary/aromatic N) is 1. The van der Waals surface area contributed by atoms with E-state index >= 15 is 0 Å². The molecule has 1 fully saturated rings. The van der Waals surface area contributed by atoms with Crippen LogP contribution in [-0.4, -0.2) is 35.3 Å². The first-order valence-corrected chi connectivity index (χ1v) is 8.88. The molecule has 1 aliphatic heterocycles. The smallest absolute Gasteiger partial charge is 0.226 e. The Morgan fingerprint density at radius 2 is 2.33 bits per heavy atom. The van der Waals surface area contributed by atoms with E-state index in [-0.39, 0.29) is 5.91 Å². The molecule has 1 aromatic carbocycles. The molecule has 0 aliphatic carbocycles. The van der Waals surface area contributed by atoms with Crippen molar-refractivity contribution in [1.29, 1.82) is 0 Å². The Hall–Kier alpha value is -1.03. The molecule has 1 atom stereocenters. The normalized spacial score (nSPS) is 18.0. The molecule has 1 aromatic rings. The lowest BCUT2D eigenvalue weighted by Gasteiger charge is -2.24. The summed E-state index contributed by atoms with van der Waals surface area (Å²) in [5, 5.41) is 1.02. The summed E-state index contributed by atoms with van der Waals surface area (Å²) in [5.74, 6) is 1.08. The minimum atomic E-state index is 0.236. The van der Waals surface area contributed by atoms with Gasteiger partial charge in [0.1, 0.15) is 5.75 Å². The molecule has 0 spiro atoms. The molecular formula is C17H24BrNO2. The number of aryl methyl sites for hydroxylation is 1. The van der Waals surface area contributed by atoms with Crippen molar-refractivity contribution < 1.29 is 9.53 Å². The van der Waals surface area contributed by atoms with Crippen molar-refractivity contribution in [2.24, 2.45) is 0 Å². The highest BCUT2D eigenvalue weighted by molar-refractivity contribution is 9.09. The summed E-state index contributed by atoms with van der Waals surface area (Å²) < 4.78 is 5.68. The van der Waals surface area contributed by atoms with Gasteiger partial charge in [-0.3, -0.25) is 4.79 Å². The van der Waals surface area contributed by atoms with Crippen LogP contribution < -0.4 is 4.74 Å². The molecule has 1 saturated heterocycles. The molecule has 1 amide bonds. The van der Waals surface area contributed by atoms with E-state index in [0.29, 0.717) is 19.1 Å². The zero-order chi connectivity index (χ0) is 15.1. The molecule has 1 heterocycles. The first kappa shape index (κ1) is 16.3. The number of alkyl halides is 1. The van der Waals surface area contributed by atoms with E-state index in [1.807, 2.05) is 31.2 Å². The zero-order valence-electron chi connectivity index (χ0n) is 12.7. The topological polar surface area (TPSA) is 29.5 Å². The van der Waals surface area contributed by atoms with Crippen LogP contribution in [0.2, 0.25) is 0 Å². The standard InChI is InChI=1S/C17H24BrNO2/c1-14-5-2-8-16(13-14)21-12-9-17(20)19-11-4-7-15(19)6-3-10-18/h2,5,8,13,15H,3-4,6-7,9-12H2,1H3. The molecule has 0 bridgehead atoms. The highest BCUT2D eigenvalue weighted by Gasteiger charge is 2.27. The summed E-state index contributed by atoms with van der Waals surface area (Å²) in [5.41, 5.74) is 1.17. The van der Waals surface area contributed by atoms with E-state index in [0.717, 1.165) is 43.3 Å². The van der Waals surface area contributed by atoms with Crippen molar-refractivity contribution in [2.75, 3.05) is 18.5 Å². The Balaban J connectivity index is 1.76. The van der Waals surface area contributed by atoms with Crippen LogP contribution >= 0.6 is 15.9 Å². The van der Waals surface area contributed by atoms with Gasteiger partial charge in [-0.2, -0.15) is 0 Å². The highest BCUT2D eigenvalue weighted by Crippen LogP contribution is 2.22. The first-order chi connectivity index (χ1) is 10.2. The Bertz CT molecular complexity index is 464. The summed E-state index contributed by atoms with van der Waals surface area (Å²) in [7, 11) is 0. The van der Waals surface area contributed by atoms with Crippen LogP contribution in [0.3, 0.4) is 0 Å². The number of halogens is 1. The van der Waals surface area contributed by atoms with Gasteiger partial charge in [0.2, 0.25) is 5.91 Å². The fourth-order valence-corrected chi connectivity index (χ4v) is 3.21. The molecule has 116 valence electrons. The van der Waals surface area contributed by atoms with Gasteiger partial charge in [-0.1, -0.05) is 28.1 Å². The predicted octanol–water partition coefficient (Wildman–Crippen LogP) is 3.93. The number of rotatable bonds is 7. The van der Waals surface area contributed by atoms with E-state index in [1.165, 1.54) is 5.56 Å². The lowest BCUT2D eigenvalue weighted by atomic mass is 10.1. The fraction of sp³-hybridized carbons (Fsp3) is 0.588. The van der Waals surface area contributed by atoms with Gasteiger partial charge in [0, 0.05) is 17.9 Å². The van der Waals surface area contributed by atoms with E-state index < -0.39 is 0 Å². The lowest BCUT2D eigenvalue weighted by molar-refractivity contribution is -0.132. The Morgan fingerprint density at radius 1 is 1.48 bits per heavy atom. The van der Waals surface area contributed by atoms with Gasteiger partial charge in [-0.15, -0.1) is 0 Å². The van der Waals surface area contributed by atoms with Crippen LogP contribution in [0, 0.1) is 6.92 Å². The predicted molar refractivity (Wildman–Crippen MR) is 89.1 cm³/mol. The van der Waals surface area contributed by atoms with Crippen LogP contribution in [0.1, 0.15) is 37.7 Å². The van der Waals surface area contributed by atoms with Gasteiger partial charge >= 0.3 is 0 Å². The average Bonchev–Trinajstić information content (AvgIpc) is 2.93. The van der Waals surface area contributed by atoms with Crippen LogP contribution in [0.25, 0.3) is 0 Å². The number of carbonyl (C=O) groups excluding carboxylic acids is 1. The maximum atomic E-state index is 12.3. The summed E-state index contributed by atoms with van der Waals surface area (Å²) in [4.78, 5) is 14.4. The van der Waals surface area contributed by atoms with Crippen LogP contribution in [0.5, 0.6) is 5.75 Å². The van der Waals surface area contributed by atoms with Gasteiger partial charge in [0.25, 0.3) is 0 Å². The molecular weight excluding hydrogens is 330 g/mol. The maximum Gasteiger partial charge on any atom is 0.226 e. The van der Waals surface area contributed by atoms with Crippen molar-refractivity contribution in [3.63, 3.8) is 0 Å². The van der Waals surface area contributed by atoms with Crippen molar-refractivity contribution >= 4 is 21.8 Å². The van der Waals surface area contributed by atoms with Crippen molar-refractivity contribution in [3.05, 3.63) is 29.8 Å². The molecule has 1 aliphatic rings. The van der Waals surface area contributed by atoms with Crippen molar-refractivity contribution in [2.45, 2.75) is 45.1 Å². The van der Waals surface area contributed by atoms with Gasteiger partial charge in [-0.25, -0.2) is 0 Å². The average molecular weight is 354 g/mol. The number of likely N-dealkylation sites (tertiary alicyclic amines) is 1. The van der Waals surface area contributed by atoms with E-state index in [4.69, 9.17) is 4.74 Å². The van der Waals surface area contributed by atoms with Gasteiger partial charge < -0.3 is 9.64 Å². The summed E-state index contributed by atoms with van der Waals surface area (Å²) in [6.07, 6.45) is 5.00. The zero-order valence-corrected chi connectivity index (χ0v) is 14.3. The van der Waals surface area contributed by atoms with Crippen molar-refractivity contribution in [3.8, 4) is 5.75 Å². The Kier molecular flexibility index (Phi) is 6.55. The van der Waals surface area contributed by atoms with E-state index in [1.54, 1.807) is 0 Å². The van der Waals surface area contributed by atoms with Crippen LogP contribution in [-0.2, 0) is 4.79 Å². The molecule has 2 rings (SSSR count). The van der Waals surface area contributed by atoms with Gasteiger partial charge in [0.05, 0.1) is 13.0 Å². The summed E-state index contributed by atoms with van der Waals surface area (Å²) >= 11 is 3.46. The van der Waals surface area contributed by atoms with Crippen LogP contribution in [0.15, 0.2) is 24.3 Å². The lowest BCUT2D eigenvalue weighted by Crippen LogP contribution is -2.36. The van der Waals surface area contributed by atoms with Crippen molar-refractivity contribution in [1.82, 2.24) is 4.90 Å². The molecule has 1 unspecified atom stereocenters. The number of ether oxygens (including phenoxy) is 1. The molecule has 0 aromatic heterocycles. The summed E-state index contributed by atoms with van der Waals surface area (Å²) in [6, 6.07) is 8.39. The second kappa shape index (κ2) is 8.42. The second-order valence-corrected chi connectivity index (χ2v) is 6.42. The molecule has 4 heteroatoms. The monoisotopic (exact) mass is 353 g/mol. The molecule has 0 saturated carbocycles.